The minimum Gasteiger partial charge on any atom is -0.271 e. The summed E-state index contributed by atoms with van der Waals surface area (Å²) < 4.78 is 2.01. The van der Waals surface area contributed by atoms with E-state index in [2.05, 4.69) is 22.4 Å². The van der Waals surface area contributed by atoms with Gasteiger partial charge < -0.3 is 0 Å². The van der Waals surface area contributed by atoms with Crippen molar-refractivity contribution in [1.82, 2.24) is 20.2 Å². The molecule has 0 saturated heterocycles. The predicted molar refractivity (Wildman–Crippen MR) is 71.7 cm³/mol. The lowest BCUT2D eigenvalue weighted by Gasteiger charge is -2.29. The Morgan fingerprint density at radius 3 is 2.89 bits per heavy atom. The van der Waals surface area contributed by atoms with Gasteiger partial charge in [-0.25, -0.2) is 4.98 Å². The van der Waals surface area contributed by atoms with Gasteiger partial charge in [-0.3, -0.25) is 16.0 Å². The Kier molecular flexibility index (Phi) is 5.13. The van der Waals surface area contributed by atoms with Crippen LogP contribution in [-0.4, -0.2) is 20.8 Å². The second kappa shape index (κ2) is 6.85. The zero-order valence-electron chi connectivity index (χ0n) is 11.3. The molecule has 0 radical (unpaired) electrons. The fourth-order valence-electron chi connectivity index (χ4n) is 2.94. The van der Waals surface area contributed by atoms with Crippen LogP contribution >= 0.6 is 0 Å². The quantitative estimate of drug-likeness (QED) is 0.596. The molecule has 2 rings (SSSR count). The molecule has 1 aliphatic carbocycles. The monoisotopic (exact) mass is 251 g/mol. The van der Waals surface area contributed by atoms with Crippen molar-refractivity contribution in [2.75, 3.05) is 0 Å². The maximum Gasteiger partial charge on any atom is 0.138 e. The molecule has 0 bridgehead atoms. The molecule has 0 aromatic carbocycles. The van der Waals surface area contributed by atoms with E-state index in [1.807, 2.05) is 4.68 Å². The second-order valence-corrected chi connectivity index (χ2v) is 5.27. The summed E-state index contributed by atoms with van der Waals surface area (Å²) in [5, 5.41) is 4.28. The number of nitrogens with two attached hydrogens (primary N) is 1. The van der Waals surface area contributed by atoms with Gasteiger partial charge in [0.25, 0.3) is 0 Å². The van der Waals surface area contributed by atoms with Crippen LogP contribution in [0.3, 0.4) is 0 Å². The van der Waals surface area contributed by atoms with Crippen molar-refractivity contribution in [1.29, 1.82) is 0 Å². The van der Waals surface area contributed by atoms with Gasteiger partial charge in [0, 0.05) is 19.0 Å². The van der Waals surface area contributed by atoms with Crippen molar-refractivity contribution in [2.45, 2.75) is 64.5 Å². The summed E-state index contributed by atoms with van der Waals surface area (Å²) in [5.74, 6) is 7.49. The minimum atomic E-state index is 0.338. The molecule has 5 nitrogen and oxygen atoms in total. The third-order valence-electron chi connectivity index (χ3n) is 3.97. The molecule has 1 aliphatic rings. The number of aryl methyl sites for hydroxylation is 1. The van der Waals surface area contributed by atoms with E-state index in [1.54, 1.807) is 6.33 Å². The van der Waals surface area contributed by atoms with E-state index in [-0.39, 0.29) is 0 Å². The van der Waals surface area contributed by atoms with Crippen LogP contribution in [0, 0.1) is 5.92 Å². The molecule has 1 atom stereocenters. The third kappa shape index (κ3) is 3.29. The van der Waals surface area contributed by atoms with Gasteiger partial charge in [-0.05, 0) is 25.2 Å². The molecule has 1 aromatic rings. The fourth-order valence-corrected chi connectivity index (χ4v) is 2.94. The first-order valence-electron chi connectivity index (χ1n) is 7.18. The lowest BCUT2D eigenvalue weighted by molar-refractivity contribution is 0.264. The van der Waals surface area contributed by atoms with Crippen LogP contribution < -0.4 is 11.3 Å². The van der Waals surface area contributed by atoms with Crippen LogP contribution in [-0.2, 0) is 13.0 Å². The summed E-state index contributed by atoms with van der Waals surface area (Å²) in [6.45, 7) is 3.10. The van der Waals surface area contributed by atoms with Crippen molar-refractivity contribution >= 4 is 0 Å². The van der Waals surface area contributed by atoms with Crippen molar-refractivity contribution < 1.29 is 0 Å². The molecule has 0 amide bonds. The van der Waals surface area contributed by atoms with Gasteiger partial charge in [-0.2, -0.15) is 5.10 Å². The SMILES string of the molecule is CCCn1ncnc1CC(NN)C1CCCCC1. The van der Waals surface area contributed by atoms with E-state index in [9.17, 15) is 0 Å². The van der Waals surface area contributed by atoms with Crippen LogP contribution in [0.1, 0.15) is 51.3 Å². The van der Waals surface area contributed by atoms with Crippen molar-refractivity contribution in [3.8, 4) is 0 Å². The summed E-state index contributed by atoms with van der Waals surface area (Å²) in [6, 6.07) is 0.338. The zero-order valence-corrected chi connectivity index (χ0v) is 11.3. The van der Waals surface area contributed by atoms with Crippen LogP contribution in [0.2, 0.25) is 0 Å². The topological polar surface area (TPSA) is 68.8 Å². The van der Waals surface area contributed by atoms with Crippen LogP contribution in [0.5, 0.6) is 0 Å². The first kappa shape index (κ1) is 13.5. The van der Waals surface area contributed by atoms with Gasteiger partial charge in [0.2, 0.25) is 0 Å². The Bertz CT molecular complexity index is 343. The van der Waals surface area contributed by atoms with Crippen molar-refractivity contribution in [3.05, 3.63) is 12.2 Å². The van der Waals surface area contributed by atoms with Crippen LogP contribution in [0.25, 0.3) is 0 Å². The lowest BCUT2D eigenvalue weighted by atomic mass is 9.83. The average molecular weight is 251 g/mol. The first-order valence-corrected chi connectivity index (χ1v) is 7.18. The zero-order chi connectivity index (χ0) is 12.8. The number of rotatable bonds is 6. The smallest absolute Gasteiger partial charge is 0.138 e. The van der Waals surface area contributed by atoms with E-state index in [4.69, 9.17) is 5.84 Å². The third-order valence-corrected chi connectivity index (χ3v) is 3.97. The highest BCUT2D eigenvalue weighted by Gasteiger charge is 2.24. The standard InChI is InChI=1S/C13H25N5/c1-2-8-18-13(15-10-16-18)9-12(17-14)11-6-4-3-5-7-11/h10-12,17H,2-9,14H2,1H3. The molecule has 3 N–H and O–H groups in total. The Hall–Kier alpha value is -0.940. The second-order valence-electron chi connectivity index (χ2n) is 5.27. The van der Waals surface area contributed by atoms with E-state index >= 15 is 0 Å². The van der Waals surface area contributed by atoms with E-state index in [1.165, 1.54) is 32.1 Å². The molecule has 102 valence electrons. The highest BCUT2D eigenvalue weighted by atomic mass is 15.3. The fraction of sp³-hybridized carbons (Fsp3) is 0.846. The normalized spacial score (nSPS) is 19.0. The van der Waals surface area contributed by atoms with Gasteiger partial charge in [-0.1, -0.05) is 26.2 Å². The van der Waals surface area contributed by atoms with Gasteiger partial charge in [0.1, 0.15) is 12.2 Å². The van der Waals surface area contributed by atoms with E-state index < -0.39 is 0 Å². The summed E-state index contributed by atoms with van der Waals surface area (Å²) in [6.07, 6.45) is 10.3. The van der Waals surface area contributed by atoms with Crippen LogP contribution in [0.4, 0.5) is 0 Å². The summed E-state index contributed by atoms with van der Waals surface area (Å²) >= 11 is 0. The molecule has 1 unspecified atom stereocenters. The van der Waals surface area contributed by atoms with Crippen molar-refractivity contribution in [3.63, 3.8) is 0 Å². The maximum absolute atomic E-state index is 5.74. The highest BCUT2D eigenvalue weighted by Crippen LogP contribution is 2.27. The molecule has 1 fully saturated rings. The van der Waals surface area contributed by atoms with Gasteiger partial charge in [0.15, 0.2) is 0 Å². The lowest BCUT2D eigenvalue weighted by Crippen LogP contribution is -2.43. The molecule has 5 heteroatoms. The molecule has 1 saturated carbocycles. The van der Waals surface area contributed by atoms with Gasteiger partial charge in [-0.15, -0.1) is 0 Å². The Balaban J connectivity index is 1.98. The van der Waals surface area contributed by atoms with Gasteiger partial charge >= 0.3 is 0 Å². The molecule has 1 aromatic heterocycles. The number of aromatic nitrogens is 3. The summed E-state index contributed by atoms with van der Waals surface area (Å²) in [7, 11) is 0. The average Bonchev–Trinajstić information content (AvgIpc) is 2.85. The molecule has 18 heavy (non-hydrogen) atoms. The maximum atomic E-state index is 5.74. The largest absolute Gasteiger partial charge is 0.271 e. The van der Waals surface area contributed by atoms with Gasteiger partial charge in [0.05, 0.1) is 0 Å². The molecule has 0 spiro atoms. The Labute approximate surface area is 109 Å². The number of nitrogens with one attached hydrogen (secondary N) is 1. The van der Waals surface area contributed by atoms with E-state index in [0.717, 1.165) is 25.2 Å². The number of hydrogen-bond donors (Lipinski definition) is 2. The first-order chi connectivity index (χ1) is 8.85. The van der Waals surface area contributed by atoms with Crippen molar-refractivity contribution in [2.24, 2.45) is 11.8 Å². The predicted octanol–water partition coefficient (Wildman–Crippen LogP) is 1.64. The number of hydrogen-bond acceptors (Lipinski definition) is 4. The molecular formula is C13H25N5. The molecular weight excluding hydrogens is 226 g/mol. The summed E-state index contributed by atoms with van der Waals surface area (Å²) in [4.78, 5) is 4.37. The molecule has 1 heterocycles. The highest BCUT2D eigenvalue weighted by molar-refractivity contribution is 4.92. The number of nitrogens with zero attached hydrogens (tertiary/aromatic N) is 3. The Morgan fingerprint density at radius 2 is 2.22 bits per heavy atom. The molecule has 0 aliphatic heterocycles. The van der Waals surface area contributed by atoms with E-state index in [0.29, 0.717) is 12.0 Å². The summed E-state index contributed by atoms with van der Waals surface area (Å²) in [5.41, 5.74) is 3.00. The minimum absolute atomic E-state index is 0.338. The van der Waals surface area contributed by atoms with Crippen LogP contribution in [0.15, 0.2) is 6.33 Å². The number of hydrazine groups is 1. The Morgan fingerprint density at radius 1 is 1.44 bits per heavy atom.